The molecule has 0 spiro atoms. The molecule has 0 fully saturated rings. The molecule has 0 aliphatic rings. The van der Waals surface area contributed by atoms with E-state index in [0.717, 1.165) is 18.7 Å². The van der Waals surface area contributed by atoms with Crippen molar-refractivity contribution in [1.82, 2.24) is 10.3 Å². The second-order valence-corrected chi connectivity index (χ2v) is 5.79. The van der Waals surface area contributed by atoms with Gasteiger partial charge in [-0.1, -0.05) is 20.8 Å². The van der Waals surface area contributed by atoms with Crippen LogP contribution in [0.5, 0.6) is 5.75 Å². The summed E-state index contributed by atoms with van der Waals surface area (Å²) in [5.74, 6) is 0.863. The van der Waals surface area contributed by atoms with E-state index in [-0.39, 0.29) is 5.41 Å². The van der Waals surface area contributed by atoms with E-state index in [0.29, 0.717) is 12.6 Å². The largest absolute Gasteiger partial charge is 0.492 e. The fourth-order valence-corrected chi connectivity index (χ4v) is 2.38. The van der Waals surface area contributed by atoms with Gasteiger partial charge < -0.3 is 10.1 Å². The van der Waals surface area contributed by atoms with Crippen LogP contribution in [0.4, 0.5) is 0 Å². The van der Waals surface area contributed by atoms with Crippen molar-refractivity contribution in [2.24, 2.45) is 0 Å². The van der Waals surface area contributed by atoms with Crippen molar-refractivity contribution in [3.05, 3.63) is 24.0 Å². The molecule has 0 aliphatic heterocycles. The number of nitrogens with one attached hydrogen (secondary N) is 1. The van der Waals surface area contributed by atoms with Gasteiger partial charge in [-0.15, -0.1) is 0 Å². The Hall–Kier alpha value is -1.09. The third-order valence-electron chi connectivity index (χ3n) is 3.36. The zero-order valence-corrected chi connectivity index (χ0v) is 13.0. The monoisotopic (exact) mass is 264 g/mol. The molecule has 0 saturated carbocycles. The second-order valence-electron chi connectivity index (χ2n) is 5.79. The molecule has 0 radical (unpaired) electrons. The number of ether oxygens (including phenoxy) is 1. The van der Waals surface area contributed by atoms with Crippen molar-refractivity contribution in [3.63, 3.8) is 0 Å². The van der Waals surface area contributed by atoms with Crippen LogP contribution in [0, 0.1) is 0 Å². The molecular formula is C16H28N2O. The van der Waals surface area contributed by atoms with Gasteiger partial charge in [-0.2, -0.15) is 0 Å². The molecule has 108 valence electrons. The van der Waals surface area contributed by atoms with Crippen molar-refractivity contribution >= 4 is 0 Å². The first-order chi connectivity index (χ1) is 8.99. The molecular weight excluding hydrogens is 236 g/mol. The van der Waals surface area contributed by atoms with Gasteiger partial charge in [-0.25, -0.2) is 0 Å². The summed E-state index contributed by atoms with van der Waals surface area (Å²) in [6, 6.07) is 2.62. The molecule has 1 rings (SSSR count). The summed E-state index contributed by atoms with van der Waals surface area (Å²) < 4.78 is 5.53. The van der Waals surface area contributed by atoms with E-state index in [2.05, 4.69) is 44.1 Å². The molecule has 1 N–H and O–H groups in total. The van der Waals surface area contributed by atoms with Crippen LogP contribution >= 0.6 is 0 Å². The Morgan fingerprint density at radius 3 is 2.68 bits per heavy atom. The number of hydrogen-bond donors (Lipinski definition) is 1. The fraction of sp³-hybridized carbons (Fsp3) is 0.688. The average molecular weight is 264 g/mol. The fourth-order valence-electron chi connectivity index (χ4n) is 2.38. The zero-order valence-electron chi connectivity index (χ0n) is 13.0. The lowest BCUT2D eigenvalue weighted by Crippen LogP contribution is -2.33. The summed E-state index contributed by atoms with van der Waals surface area (Å²) in [7, 11) is 0. The lowest BCUT2D eigenvalue weighted by atomic mass is 9.80. The summed E-state index contributed by atoms with van der Waals surface area (Å²) in [4.78, 5) is 4.29. The molecule has 3 nitrogen and oxygen atoms in total. The Morgan fingerprint density at radius 1 is 1.32 bits per heavy atom. The van der Waals surface area contributed by atoms with E-state index < -0.39 is 0 Å². The Balaban J connectivity index is 2.72. The molecule has 0 amide bonds. The molecule has 0 saturated heterocycles. The molecule has 1 unspecified atom stereocenters. The molecule has 1 aromatic heterocycles. The van der Waals surface area contributed by atoms with Gasteiger partial charge in [-0.3, -0.25) is 4.98 Å². The maximum absolute atomic E-state index is 5.53. The van der Waals surface area contributed by atoms with E-state index in [1.165, 1.54) is 12.0 Å². The summed E-state index contributed by atoms with van der Waals surface area (Å²) in [6.45, 7) is 12.7. The van der Waals surface area contributed by atoms with E-state index in [1.807, 2.05) is 13.1 Å². The zero-order chi connectivity index (χ0) is 14.3. The molecule has 19 heavy (non-hydrogen) atoms. The van der Waals surface area contributed by atoms with Gasteiger partial charge in [0.1, 0.15) is 5.75 Å². The van der Waals surface area contributed by atoms with Crippen LogP contribution in [-0.4, -0.2) is 24.2 Å². The Bertz CT molecular complexity index is 377. The normalized spacial score (nSPS) is 13.3. The number of nitrogens with zero attached hydrogens (tertiary/aromatic N) is 1. The SMILES string of the molecule is CCCNC(C)CC(C)(C)c1cncc(OCC)c1. The minimum atomic E-state index is 0.0975. The highest BCUT2D eigenvalue weighted by atomic mass is 16.5. The maximum atomic E-state index is 5.53. The van der Waals surface area contributed by atoms with Crippen molar-refractivity contribution in [1.29, 1.82) is 0 Å². The van der Waals surface area contributed by atoms with Crippen molar-refractivity contribution in [2.45, 2.75) is 58.9 Å². The van der Waals surface area contributed by atoms with Gasteiger partial charge in [0.25, 0.3) is 0 Å². The molecule has 0 aromatic carbocycles. The number of pyridine rings is 1. The summed E-state index contributed by atoms with van der Waals surface area (Å²) in [6.07, 6.45) is 5.99. The van der Waals surface area contributed by atoms with Crippen molar-refractivity contribution in [2.75, 3.05) is 13.2 Å². The maximum Gasteiger partial charge on any atom is 0.137 e. The van der Waals surface area contributed by atoms with Gasteiger partial charge in [0.15, 0.2) is 0 Å². The first-order valence-electron chi connectivity index (χ1n) is 7.31. The van der Waals surface area contributed by atoms with E-state index in [1.54, 1.807) is 6.20 Å². The van der Waals surface area contributed by atoms with Crippen molar-refractivity contribution < 1.29 is 4.74 Å². The van der Waals surface area contributed by atoms with E-state index in [4.69, 9.17) is 4.74 Å². The Morgan fingerprint density at radius 2 is 2.05 bits per heavy atom. The Kier molecular flexibility index (Phi) is 6.29. The van der Waals surface area contributed by atoms with E-state index >= 15 is 0 Å². The number of hydrogen-bond acceptors (Lipinski definition) is 3. The van der Waals surface area contributed by atoms with E-state index in [9.17, 15) is 0 Å². The molecule has 0 aliphatic carbocycles. The molecule has 1 atom stereocenters. The van der Waals surface area contributed by atoms with Crippen LogP contribution in [0.2, 0.25) is 0 Å². The van der Waals surface area contributed by atoms with Crippen LogP contribution in [0.1, 0.15) is 53.0 Å². The highest BCUT2D eigenvalue weighted by molar-refractivity contribution is 5.29. The first kappa shape index (κ1) is 16.0. The second kappa shape index (κ2) is 7.49. The van der Waals surface area contributed by atoms with Crippen molar-refractivity contribution in [3.8, 4) is 5.75 Å². The number of rotatable bonds is 8. The summed E-state index contributed by atoms with van der Waals surface area (Å²) in [5.41, 5.74) is 1.34. The lowest BCUT2D eigenvalue weighted by Gasteiger charge is -2.29. The third-order valence-corrected chi connectivity index (χ3v) is 3.36. The van der Waals surface area contributed by atoms with Crippen LogP contribution < -0.4 is 10.1 Å². The smallest absolute Gasteiger partial charge is 0.137 e. The lowest BCUT2D eigenvalue weighted by molar-refractivity contribution is 0.335. The molecule has 1 heterocycles. The van der Waals surface area contributed by atoms with Gasteiger partial charge in [0.2, 0.25) is 0 Å². The highest BCUT2D eigenvalue weighted by Crippen LogP contribution is 2.30. The minimum Gasteiger partial charge on any atom is -0.492 e. The average Bonchev–Trinajstić information content (AvgIpc) is 2.36. The Labute approximate surface area is 117 Å². The standard InChI is InChI=1S/C16H28N2O/c1-6-8-18-13(3)10-16(4,5)14-9-15(19-7-2)12-17-11-14/h9,11-13,18H,6-8,10H2,1-5H3. The third kappa shape index (κ3) is 5.19. The highest BCUT2D eigenvalue weighted by Gasteiger charge is 2.24. The predicted molar refractivity (Wildman–Crippen MR) is 80.8 cm³/mol. The van der Waals surface area contributed by atoms with Crippen LogP contribution in [0.3, 0.4) is 0 Å². The van der Waals surface area contributed by atoms with Gasteiger partial charge >= 0.3 is 0 Å². The van der Waals surface area contributed by atoms with Crippen LogP contribution in [-0.2, 0) is 5.41 Å². The molecule has 0 bridgehead atoms. The van der Waals surface area contributed by atoms with Crippen LogP contribution in [0.25, 0.3) is 0 Å². The predicted octanol–water partition coefficient (Wildman–Crippen LogP) is 3.54. The first-order valence-corrected chi connectivity index (χ1v) is 7.31. The summed E-state index contributed by atoms with van der Waals surface area (Å²) in [5, 5.41) is 3.55. The quantitative estimate of drug-likeness (QED) is 0.780. The topological polar surface area (TPSA) is 34.2 Å². The van der Waals surface area contributed by atoms with Crippen LogP contribution in [0.15, 0.2) is 18.5 Å². The number of aromatic nitrogens is 1. The molecule has 3 heteroatoms. The summed E-state index contributed by atoms with van der Waals surface area (Å²) >= 11 is 0. The minimum absolute atomic E-state index is 0.0975. The van der Waals surface area contributed by atoms with Gasteiger partial charge in [0.05, 0.1) is 12.8 Å². The van der Waals surface area contributed by atoms with Gasteiger partial charge in [0, 0.05) is 12.2 Å². The molecule has 1 aromatic rings. The van der Waals surface area contributed by atoms with Gasteiger partial charge in [-0.05, 0) is 50.3 Å².